The molecule has 0 saturated heterocycles. The second-order valence-electron chi connectivity index (χ2n) is 6.16. The van der Waals surface area contributed by atoms with Crippen LogP contribution in [0.4, 0.5) is 5.82 Å². The number of nitrogens with zero attached hydrogens (tertiary/aromatic N) is 3. The highest BCUT2D eigenvalue weighted by molar-refractivity contribution is 6.29. The van der Waals surface area contributed by atoms with Gasteiger partial charge < -0.3 is 15.0 Å². The number of nitrogens with one attached hydrogen (secondary N) is 2. The zero-order chi connectivity index (χ0) is 18.6. The van der Waals surface area contributed by atoms with E-state index in [4.69, 9.17) is 16.3 Å². The molecule has 0 unspecified atom stereocenters. The van der Waals surface area contributed by atoms with Crippen LogP contribution in [-0.4, -0.2) is 27.0 Å². The lowest BCUT2D eigenvalue weighted by molar-refractivity contribution is 0.413. The van der Waals surface area contributed by atoms with E-state index in [2.05, 4.69) is 31.3 Å². The van der Waals surface area contributed by atoms with Crippen LogP contribution in [0.3, 0.4) is 0 Å². The minimum absolute atomic E-state index is 0.492. The number of rotatable bonds is 6. The summed E-state index contributed by atoms with van der Waals surface area (Å²) < 4.78 is 5.27. The van der Waals surface area contributed by atoms with Gasteiger partial charge in [0.2, 0.25) is 0 Å². The summed E-state index contributed by atoms with van der Waals surface area (Å²) in [5, 5.41) is 4.84. The maximum Gasteiger partial charge on any atom is 0.137 e. The van der Waals surface area contributed by atoms with Crippen molar-refractivity contribution in [1.82, 2.24) is 19.9 Å². The van der Waals surface area contributed by atoms with Crippen molar-refractivity contribution in [3.8, 4) is 5.75 Å². The Labute approximate surface area is 161 Å². The van der Waals surface area contributed by atoms with E-state index in [1.54, 1.807) is 25.6 Å². The van der Waals surface area contributed by atoms with Crippen molar-refractivity contribution < 1.29 is 4.74 Å². The average Bonchev–Trinajstić information content (AvgIpc) is 3.10. The van der Waals surface area contributed by atoms with Crippen molar-refractivity contribution >= 4 is 28.5 Å². The van der Waals surface area contributed by atoms with Crippen molar-refractivity contribution in [1.29, 1.82) is 0 Å². The number of fused-ring (bicyclic) bond motifs is 1. The Morgan fingerprint density at radius 2 is 1.89 bits per heavy atom. The molecule has 0 saturated carbocycles. The van der Waals surface area contributed by atoms with Crippen LogP contribution in [-0.2, 0) is 13.0 Å². The van der Waals surface area contributed by atoms with Gasteiger partial charge in [-0.25, -0.2) is 15.0 Å². The second kappa shape index (κ2) is 7.63. The fraction of sp³-hybridized carbons (Fsp3) is 0.150. The van der Waals surface area contributed by atoms with Crippen molar-refractivity contribution in [3.63, 3.8) is 0 Å². The van der Waals surface area contributed by atoms with Crippen LogP contribution in [0.1, 0.15) is 16.7 Å². The number of halogens is 1. The predicted octanol–water partition coefficient (Wildman–Crippen LogP) is 4.22. The van der Waals surface area contributed by atoms with Crippen LogP contribution < -0.4 is 10.1 Å². The Kier molecular flexibility index (Phi) is 4.89. The first kappa shape index (κ1) is 17.3. The molecular weight excluding hydrogens is 362 g/mol. The quantitative estimate of drug-likeness (QED) is 0.490. The Morgan fingerprint density at radius 1 is 1.04 bits per heavy atom. The number of aromatic nitrogens is 4. The van der Waals surface area contributed by atoms with Gasteiger partial charge >= 0.3 is 0 Å². The van der Waals surface area contributed by atoms with Crippen LogP contribution in [0.15, 0.2) is 55.1 Å². The topological polar surface area (TPSA) is 75.7 Å². The summed E-state index contributed by atoms with van der Waals surface area (Å²) in [6.45, 7) is 0.643. The number of aromatic amines is 1. The lowest BCUT2D eigenvalue weighted by atomic mass is 10.1. The van der Waals surface area contributed by atoms with Gasteiger partial charge in [-0.15, -0.1) is 0 Å². The first-order valence-corrected chi connectivity index (χ1v) is 8.88. The maximum atomic E-state index is 5.80. The predicted molar refractivity (Wildman–Crippen MR) is 106 cm³/mol. The van der Waals surface area contributed by atoms with Crippen LogP contribution in [0.5, 0.6) is 5.75 Å². The van der Waals surface area contributed by atoms with E-state index in [1.807, 2.05) is 30.6 Å². The average molecular weight is 380 g/mol. The SMILES string of the molecule is COc1cnc2[nH]cc(Cc3ccc(NCc4ccc(Cl)nc4)nc3)c2c1. The summed E-state index contributed by atoms with van der Waals surface area (Å²) in [5.74, 6) is 1.56. The summed E-state index contributed by atoms with van der Waals surface area (Å²) in [6.07, 6.45) is 8.10. The Hall–Kier alpha value is -3.12. The van der Waals surface area contributed by atoms with E-state index in [9.17, 15) is 0 Å². The number of methoxy groups -OCH3 is 1. The van der Waals surface area contributed by atoms with Gasteiger partial charge in [-0.2, -0.15) is 0 Å². The van der Waals surface area contributed by atoms with Crippen LogP contribution in [0.2, 0.25) is 5.15 Å². The summed E-state index contributed by atoms with van der Waals surface area (Å²) in [6, 6.07) is 9.77. The van der Waals surface area contributed by atoms with E-state index in [-0.39, 0.29) is 0 Å². The highest BCUT2D eigenvalue weighted by Gasteiger charge is 2.08. The molecule has 0 amide bonds. The molecule has 4 aromatic heterocycles. The minimum Gasteiger partial charge on any atom is -0.495 e. The van der Waals surface area contributed by atoms with Gasteiger partial charge in [-0.1, -0.05) is 23.7 Å². The lowest BCUT2D eigenvalue weighted by Crippen LogP contribution is -2.02. The molecule has 27 heavy (non-hydrogen) atoms. The molecule has 0 atom stereocenters. The standard InChI is InChI=1S/C20H18ClN5O/c1-27-16-7-17-15(11-25-20(17)26-12-16)6-13-3-5-19(23-8-13)24-10-14-2-4-18(21)22-9-14/h2-5,7-9,11-12H,6,10H2,1H3,(H,23,24)(H,25,26). The van der Waals surface area contributed by atoms with E-state index in [0.29, 0.717) is 11.7 Å². The number of pyridine rings is 3. The number of ether oxygens (including phenoxy) is 1. The van der Waals surface area contributed by atoms with Gasteiger partial charge in [0.05, 0.1) is 13.3 Å². The molecule has 0 fully saturated rings. The molecular formula is C20H18ClN5O. The Bertz CT molecular complexity index is 1040. The molecule has 2 N–H and O–H groups in total. The molecule has 0 spiro atoms. The Morgan fingerprint density at radius 3 is 2.63 bits per heavy atom. The molecule has 0 aliphatic heterocycles. The zero-order valence-electron chi connectivity index (χ0n) is 14.7. The van der Waals surface area contributed by atoms with Crippen molar-refractivity contribution in [2.75, 3.05) is 12.4 Å². The second-order valence-corrected chi connectivity index (χ2v) is 6.54. The number of H-pyrrole nitrogens is 1. The van der Waals surface area contributed by atoms with Crippen LogP contribution >= 0.6 is 11.6 Å². The fourth-order valence-electron chi connectivity index (χ4n) is 2.85. The van der Waals surface area contributed by atoms with Crippen molar-refractivity contribution in [2.45, 2.75) is 13.0 Å². The highest BCUT2D eigenvalue weighted by Crippen LogP contribution is 2.23. The molecule has 0 aliphatic carbocycles. The third kappa shape index (κ3) is 4.01. The summed E-state index contributed by atoms with van der Waals surface area (Å²) >= 11 is 5.80. The van der Waals surface area contributed by atoms with Crippen LogP contribution in [0, 0.1) is 0 Å². The molecule has 0 radical (unpaired) electrons. The molecule has 0 aliphatic rings. The Balaban J connectivity index is 1.44. The zero-order valence-corrected chi connectivity index (χ0v) is 15.5. The maximum absolute atomic E-state index is 5.80. The van der Waals surface area contributed by atoms with Gasteiger partial charge in [0, 0.05) is 36.9 Å². The summed E-state index contributed by atoms with van der Waals surface area (Å²) in [5.41, 5.74) is 4.18. The molecule has 4 rings (SSSR count). The van der Waals surface area contributed by atoms with Crippen molar-refractivity contribution in [3.05, 3.63) is 77.0 Å². The van der Waals surface area contributed by atoms with Gasteiger partial charge in [0.1, 0.15) is 22.4 Å². The molecule has 136 valence electrons. The van der Waals surface area contributed by atoms with E-state index in [0.717, 1.165) is 45.7 Å². The molecule has 4 aromatic rings. The van der Waals surface area contributed by atoms with Crippen LogP contribution in [0.25, 0.3) is 11.0 Å². The first-order chi connectivity index (χ1) is 13.2. The molecule has 6 nitrogen and oxygen atoms in total. The molecule has 0 aromatic carbocycles. The molecule has 0 bridgehead atoms. The van der Waals surface area contributed by atoms with E-state index >= 15 is 0 Å². The smallest absolute Gasteiger partial charge is 0.137 e. The molecule has 4 heterocycles. The highest BCUT2D eigenvalue weighted by atomic mass is 35.5. The summed E-state index contributed by atoms with van der Waals surface area (Å²) in [4.78, 5) is 16.1. The fourth-order valence-corrected chi connectivity index (χ4v) is 2.97. The summed E-state index contributed by atoms with van der Waals surface area (Å²) in [7, 11) is 1.64. The van der Waals surface area contributed by atoms with E-state index in [1.165, 1.54) is 0 Å². The molecule has 7 heteroatoms. The third-order valence-electron chi connectivity index (χ3n) is 4.31. The largest absolute Gasteiger partial charge is 0.495 e. The lowest BCUT2D eigenvalue weighted by Gasteiger charge is -2.07. The minimum atomic E-state index is 0.492. The number of anilines is 1. The first-order valence-electron chi connectivity index (χ1n) is 8.50. The van der Waals surface area contributed by atoms with Gasteiger partial charge in [0.15, 0.2) is 0 Å². The third-order valence-corrected chi connectivity index (χ3v) is 4.53. The monoisotopic (exact) mass is 379 g/mol. The van der Waals surface area contributed by atoms with Gasteiger partial charge in [-0.05, 0) is 34.9 Å². The normalized spacial score (nSPS) is 10.9. The van der Waals surface area contributed by atoms with Gasteiger partial charge in [0.25, 0.3) is 0 Å². The number of hydrogen-bond acceptors (Lipinski definition) is 5. The van der Waals surface area contributed by atoms with E-state index < -0.39 is 0 Å². The van der Waals surface area contributed by atoms with Gasteiger partial charge in [-0.3, -0.25) is 0 Å². The number of hydrogen-bond donors (Lipinski definition) is 2. The van der Waals surface area contributed by atoms with Crippen molar-refractivity contribution in [2.24, 2.45) is 0 Å².